The Kier molecular flexibility index (Phi) is 6.75. The number of nitrogens with one attached hydrogen (secondary N) is 1. The van der Waals surface area contributed by atoms with E-state index in [0.717, 1.165) is 18.9 Å². The van der Waals surface area contributed by atoms with Gasteiger partial charge in [-0.1, -0.05) is 32.8 Å². The summed E-state index contributed by atoms with van der Waals surface area (Å²) in [5, 5.41) is 2.74. The van der Waals surface area contributed by atoms with E-state index in [0.29, 0.717) is 12.8 Å². The Labute approximate surface area is 124 Å². The SMILES string of the molecule is CCCC(CN)(CCC)C(=O)NCc1ccc(F)cc1F. The van der Waals surface area contributed by atoms with Gasteiger partial charge in [0.1, 0.15) is 11.6 Å². The smallest absolute Gasteiger partial charge is 0.227 e. The number of halogens is 2. The maximum absolute atomic E-state index is 13.6. The molecule has 1 amide bonds. The molecule has 0 bridgehead atoms. The van der Waals surface area contributed by atoms with E-state index in [1.54, 1.807) is 0 Å². The van der Waals surface area contributed by atoms with E-state index >= 15 is 0 Å². The van der Waals surface area contributed by atoms with Crippen molar-refractivity contribution in [1.29, 1.82) is 0 Å². The van der Waals surface area contributed by atoms with Gasteiger partial charge in [0, 0.05) is 24.7 Å². The van der Waals surface area contributed by atoms with Gasteiger partial charge in [-0.2, -0.15) is 0 Å². The molecule has 0 aliphatic heterocycles. The number of amides is 1. The topological polar surface area (TPSA) is 55.1 Å². The fourth-order valence-corrected chi connectivity index (χ4v) is 2.63. The average Bonchev–Trinajstić information content (AvgIpc) is 2.45. The summed E-state index contributed by atoms with van der Waals surface area (Å²) in [6.45, 7) is 4.33. The third kappa shape index (κ3) is 4.49. The zero-order valence-electron chi connectivity index (χ0n) is 12.7. The van der Waals surface area contributed by atoms with Crippen LogP contribution in [0.15, 0.2) is 18.2 Å². The highest BCUT2D eigenvalue weighted by Crippen LogP contribution is 2.29. The van der Waals surface area contributed by atoms with Crippen LogP contribution < -0.4 is 11.1 Å². The van der Waals surface area contributed by atoms with Crippen LogP contribution in [0.25, 0.3) is 0 Å². The highest BCUT2D eigenvalue weighted by molar-refractivity contribution is 5.82. The van der Waals surface area contributed by atoms with E-state index in [4.69, 9.17) is 5.73 Å². The van der Waals surface area contributed by atoms with Crippen molar-refractivity contribution >= 4 is 5.91 Å². The summed E-state index contributed by atoms with van der Waals surface area (Å²) < 4.78 is 26.4. The molecule has 0 aromatic heterocycles. The second kappa shape index (κ2) is 8.08. The third-order valence-electron chi connectivity index (χ3n) is 3.78. The highest BCUT2D eigenvalue weighted by Gasteiger charge is 2.35. The number of rotatable bonds is 8. The van der Waals surface area contributed by atoms with Gasteiger partial charge in [0.05, 0.1) is 5.41 Å². The first-order valence-corrected chi connectivity index (χ1v) is 7.41. The van der Waals surface area contributed by atoms with E-state index in [9.17, 15) is 13.6 Å². The molecule has 1 aromatic carbocycles. The molecular weight excluding hydrogens is 274 g/mol. The first-order valence-electron chi connectivity index (χ1n) is 7.41. The molecule has 0 aliphatic rings. The van der Waals surface area contributed by atoms with E-state index in [-0.39, 0.29) is 24.6 Å². The summed E-state index contributed by atoms with van der Waals surface area (Å²) >= 11 is 0. The summed E-state index contributed by atoms with van der Waals surface area (Å²) in [5.41, 5.74) is 5.49. The predicted molar refractivity (Wildman–Crippen MR) is 79.5 cm³/mol. The van der Waals surface area contributed by atoms with Crippen molar-refractivity contribution in [2.75, 3.05) is 6.54 Å². The maximum atomic E-state index is 13.6. The quantitative estimate of drug-likeness (QED) is 0.774. The molecule has 5 heteroatoms. The van der Waals surface area contributed by atoms with Crippen LogP contribution in [0.2, 0.25) is 0 Å². The van der Waals surface area contributed by atoms with Gasteiger partial charge in [0.15, 0.2) is 0 Å². The molecule has 0 aliphatic carbocycles. The fraction of sp³-hybridized carbons (Fsp3) is 0.562. The van der Waals surface area contributed by atoms with Crippen molar-refractivity contribution in [3.63, 3.8) is 0 Å². The first-order chi connectivity index (χ1) is 9.99. The molecule has 3 N–H and O–H groups in total. The molecule has 3 nitrogen and oxygen atoms in total. The van der Waals surface area contributed by atoms with Crippen LogP contribution in [0.5, 0.6) is 0 Å². The Morgan fingerprint density at radius 1 is 1.24 bits per heavy atom. The normalized spacial score (nSPS) is 11.5. The van der Waals surface area contributed by atoms with Crippen molar-refractivity contribution in [2.24, 2.45) is 11.1 Å². The molecule has 118 valence electrons. The second-order valence-corrected chi connectivity index (χ2v) is 5.40. The zero-order valence-corrected chi connectivity index (χ0v) is 12.7. The van der Waals surface area contributed by atoms with Crippen LogP contribution in [0.3, 0.4) is 0 Å². The minimum atomic E-state index is -0.653. The third-order valence-corrected chi connectivity index (χ3v) is 3.78. The Bertz CT molecular complexity index is 471. The molecule has 0 saturated carbocycles. The summed E-state index contributed by atoms with van der Waals surface area (Å²) in [4.78, 5) is 12.4. The average molecular weight is 298 g/mol. The van der Waals surface area contributed by atoms with Crippen LogP contribution >= 0.6 is 0 Å². The molecule has 0 spiro atoms. The van der Waals surface area contributed by atoms with Crippen LogP contribution in [0.1, 0.15) is 45.1 Å². The lowest BCUT2D eigenvalue weighted by Crippen LogP contribution is -2.45. The minimum Gasteiger partial charge on any atom is -0.351 e. The van der Waals surface area contributed by atoms with Crippen molar-refractivity contribution in [1.82, 2.24) is 5.32 Å². The zero-order chi connectivity index (χ0) is 15.9. The standard InChI is InChI=1S/C16H24F2N2O/c1-3-7-16(11-19,8-4-2)15(21)20-10-12-5-6-13(17)9-14(12)18/h5-6,9H,3-4,7-8,10-11,19H2,1-2H3,(H,20,21). The van der Waals surface area contributed by atoms with Crippen molar-refractivity contribution in [2.45, 2.75) is 46.1 Å². The van der Waals surface area contributed by atoms with Gasteiger partial charge in [-0.15, -0.1) is 0 Å². The Hall–Kier alpha value is -1.49. The summed E-state index contributed by atoms with van der Waals surface area (Å²) in [7, 11) is 0. The number of nitrogens with two attached hydrogens (primary N) is 1. The lowest BCUT2D eigenvalue weighted by atomic mass is 9.78. The number of hydrogen-bond acceptors (Lipinski definition) is 2. The number of carbonyl (C=O) groups excluding carboxylic acids is 1. The van der Waals surface area contributed by atoms with Gasteiger partial charge in [0.2, 0.25) is 5.91 Å². The number of hydrogen-bond donors (Lipinski definition) is 2. The minimum absolute atomic E-state index is 0.0418. The molecule has 0 fully saturated rings. The molecular formula is C16H24F2N2O. The van der Waals surface area contributed by atoms with Crippen LogP contribution in [-0.4, -0.2) is 12.5 Å². The highest BCUT2D eigenvalue weighted by atomic mass is 19.1. The first kappa shape index (κ1) is 17.6. The van der Waals surface area contributed by atoms with Gasteiger partial charge < -0.3 is 11.1 Å². The van der Waals surface area contributed by atoms with Crippen LogP contribution in [0.4, 0.5) is 8.78 Å². The molecule has 0 heterocycles. The Morgan fingerprint density at radius 3 is 2.33 bits per heavy atom. The van der Waals surface area contributed by atoms with Crippen molar-refractivity contribution in [3.8, 4) is 0 Å². The number of benzene rings is 1. The predicted octanol–water partition coefficient (Wildman–Crippen LogP) is 3.13. The van der Waals surface area contributed by atoms with E-state index in [2.05, 4.69) is 5.32 Å². The molecule has 21 heavy (non-hydrogen) atoms. The second-order valence-electron chi connectivity index (χ2n) is 5.40. The van der Waals surface area contributed by atoms with Gasteiger partial charge >= 0.3 is 0 Å². The summed E-state index contributed by atoms with van der Waals surface area (Å²) in [6.07, 6.45) is 3.12. The molecule has 1 rings (SSSR count). The van der Waals surface area contributed by atoms with Gasteiger partial charge in [-0.3, -0.25) is 4.79 Å². The maximum Gasteiger partial charge on any atom is 0.227 e. The molecule has 1 aromatic rings. The number of carbonyl (C=O) groups is 1. The van der Waals surface area contributed by atoms with Crippen molar-refractivity contribution in [3.05, 3.63) is 35.4 Å². The van der Waals surface area contributed by atoms with Gasteiger partial charge in [-0.25, -0.2) is 8.78 Å². The summed E-state index contributed by atoms with van der Waals surface area (Å²) in [5.74, 6) is -1.44. The molecule has 0 saturated heterocycles. The molecule has 0 atom stereocenters. The Morgan fingerprint density at radius 2 is 1.86 bits per heavy atom. The van der Waals surface area contributed by atoms with Gasteiger partial charge in [-0.05, 0) is 18.9 Å². The summed E-state index contributed by atoms with van der Waals surface area (Å²) in [6, 6.07) is 3.34. The van der Waals surface area contributed by atoms with E-state index in [1.165, 1.54) is 12.1 Å². The largest absolute Gasteiger partial charge is 0.351 e. The lowest BCUT2D eigenvalue weighted by molar-refractivity contribution is -0.131. The molecule has 0 radical (unpaired) electrons. The van der Waals surface area contributed by atoms with Gasteiger partial charge in [0.25, 0.3) is 0 Å². The van der Waals surface area contributed by atoms with Crippen LogP contribution in [-0.2, 0) is 11.3 Å². The van der Waals surface area contributed by atoms with Crippen LogP contribution in [0, 0.1) is 17.0 Å². The monoisotopic (exact) mass is 298 g/mol. The molecule has 0 unspecified atom stereocenters. The lowest BCUT2D eigenvalue weighted by Gasteiger charge is -2.30. The Balaban J connectivity index is 2.77. The van der Waals surface area contributed by atoms with Crippen molar-refractivity contribution < 1.29 is 13.6 Å². The fourth-order valence-electron chi connectivity index (χ4n) is 2.63. The van der Waals surface area contributed by atoms with E-state index < -0.39 is 17.0 Å². The van der Waals surface area contributed by atoms with E-state index in [1.807, 2.05) is 13.8 Å².